The van der Waals surface area contributed by atoms with Crippen LogP contribution in [0.2, 0.25) is 0 Å². The van der Waals surface area contributed by atoms with Gasteiger partial charge in [-0.1, -0.05) is 17.3 Å². The molecule has 3 aromatic heterocycles. The molecule has 1 unspecified atom stereocenters. The molecule has 29 heavy (non-hydrogen) atoms. The molecule has 0 bridgehead atoms. The van der Waals surface area contributed by atoms with Gasteiger partial charge < -0.3 is 23.7 Å². The number of hydrogen-bond acceptors (Lipinski definition) is 8. The van der Waals surface area contributed by atoms with E-state index in [1.54, 1.807) is 12.5 Å². The molecule has 4 heterocycles. The predicted molar refractivity (Wildman–Crippen MR) is 105 cm³/mol. The second-order valence-electron chi connectivity index (χ2n) is 6.64. The maximum atomic E-state index is 5.97. The Hall–Kier alpha value is -3.81. The highest BCUT2D eigenvalue weighted by atomic mass is 16.6. The summed E-state index contributed by atoms with van der Waals surface area (Å²) in [6.45, 7) is 2.80. The quantitative estimate of drug-likeness (QED) is 0.547. The van der Waals surface area contributed by atoms with Crippen molar-refractivity contribution in [1.82, 2.24) is 15.1 Å². The monoisotopic (exact) mass is 390 g/mol. The molecule has 1 aliphatic rings. The summed E-state index contributed by atoms with van der Waals surface area (Å²) in [6, 6.07) is 13.1. The molecule has 1 atom stereocenters. The number of nitrogens with one attached hydrogen (secondary N) is 1. The minimum atomic E-state index is -0.155. The highest BCUT2D eigenvalue weighted by Gasteiger charge is 2.22. The van der Waals surface area contributed by atoms with Gasteiger partial charge in [0, 0.05) is 12.3 Å². The SMILES string of the molecule is Cc1cc(-c2cnc(NCC3COc4ccccc4O3)nc2-c2ccco2)on1. The third-order valence-electron chi connectivity index (χ3n) is 4.49. The molecule has 0 spiro atoms. The number of nitrogens with zero attached hydrogens (tertiary/aromatic N) is 3. The Morgan fingerprint density at radius 2 is 2.00 bits per heavy atom. The van der Waals surface area contributed by atoms with Crippen LogP contribution in [0.4, 0.5) is 5.95 Å². The van der Waals surface area contributed by atoms with Crippen molar-refractivity contribution >= 4 is 5.95 Å². The first kappa shape index (κ1) is 17.3. The van der Waals surface area contributed by atoms with E-state index in [-0.39, 0.29) is 6.10 Å². The molecule has 0 amide bonds. The standard InChI is InChI=1S/C21H18N4O4/c1-13-9-19(29-25-13)15-11-23-21(24-20(15)18-7-4-8-26-18)22-10-14-12-27-16-5-2-3-6-17(16)28-14/h2-9,11,14H,10,12H2,1H3,(H,22,23,24). The minimum absolute atomic E-state index is 0.155. The normalized spacial score (nSPS) is 15.3. The van der Waals surface area contributed by atoms with Crippen molar-refractivity contribution in [2.45, 2.75) is 13.0 Å². The molecule has 1 N–H and O–H groups in total. The van der Waals surface area contributed by atoms with Gasteiger partial charge in [-0.05, 0) is 31.2 Å². The van der Waals surface area contributed by atoms with Crippen molar-refractivity contribution < 1.29 is 18.4 Å². The molecule has 0 radical (unpaired) electrons. The largest absolute Gasteiger partial charge is 0.486 e. The second kappa shape index (κ2) is 7.31. The first-order valence-electron chi connectivity index (χ1n) is 9.23. The van der Waals surface area contributed by atoms with Crippen LogP contribution in [0.5, 0.6) is 11.5 Å². The highest BCUT2D eigenvalue weighted by Crippen LogP contribution is 2.32. The van der Waals surface area contributed by atoms with Crippen molar-refractivity contribution in [3.8, 4) is 34.3 Å². The molecule has 8 heteroatoms. The van der Waals surface area contributed by atoms with Crippen molar-refractivity contribution in [3.05, 3.63) is 60.6 Å². The Balaban J connectivity index is 1.37. The molecule has 0 aliphatic carbocycles. The number of benzene rings is 1. The van der Waals surface area contributed by atoms with E-state index in [0.717, 1.165) is 17.2 Å². The Morgan fingerprint density at radius 1 is 1.10 bits per heavy atom. The van der Waals surface area contributed by atoms with E-state index in [1.165, 1.54) is 0 Å². The topological polar surface area (TPSA) is 95.4 Å². The summed E-state index contributed by atoms with van der Waals surface area (Å²) in [6.07, 6.45) is 3.14. The van der Waals surface area contributed by atoms with Gasteiger partial charge in [0.25, 0.3) is 0 Å². The lowest BCUT2D eigenvalue weighted by Gasteiger charge is -2.26. The van der Waals surface area contributed by atoms with Gasteiger partial charge in [0.1, 0.15) is 18.4 Å². The molecular formula is C21H18N4O4. The van der Waals surface area contributed by atoms with Crippen LogP contribution in [0.1, 0.15) is 5.69 Å². The van der Waals surface area contributed by atoms with Gasteiger partial charge in [-0.3, -0.25) is 0 Å². The fourth-order valence-corrected chi connectivity index (χ4v) is 3.11. The number of anilines is 1. The van der Waals surface area contributed by atoms with E-state index < -0.39 is 0 Å². The van der Waals surface area contributed by atoms with Gasteiger partial charge in [-0.25, -0.2) is 9.97 Å². The van der Waals surface area contributed by atoms with Crippen molar-refractivity contribution in [2.24, 2.45) is 0 Å². The van der Waals surface area contributed by atoms with Crippen LogP contribution in [0.25, 0.3) is 22.8 Å². The zero-order valence-electron chi connectivity index (χ0n) is 15.7. The fraction of sp³-hybridized carbons (Fsp3) is 0.190. The van der Waals surface area contributed by atoms with Gasteiger partial charge in [0.15, 0.2) is 23.0 Å². The first-order valence-corrected chi connectivity index (χ1v) is 9.23. The van der Waals surface area contributed by atoms with Gasteiger partial charge >= 0.3 is 0 Å². The lowest BCUT2D eigenvalue weighted by atomic mass is 10.1. The summed E-state index contributed by atoms with van der Waals surface area (Å²) >= 11 is 0. The van der Waals surface area contributed by atoms with Crippen molar-refractivity contribution in [1.29, 1.82) is 0 Å². The van der Waals surface area contributed by atoms with Crippen LogP contribution in [0.3, 0.4) is 0 Å². The van der Waals surface area contributed by atoms with Gasteiger partial charge in [0.05, 0.1) is 24.1 Å². The van der Waals surface area contributed by atoms with E-state index in [1.807, 2.05) is 49.4 Å². The number of aryl methyl sites for hydroxylation is 1. The van der Waals surface area contributed by atoms with Crippen LogP contribution in [-0.2, 0) is 0 Å². The molecule has 5 rings (SSSR count). The summed E-state index contributed by atoms with van der Waals surface area (Å²) in [5, 5.41) is 7.16. The zero-order valence-corrected chi connectivity index (χ0v) is 15.7. The number of ether oxygens (including phenoxy) is 2. The third-order valence-corrected chi connectivity index (χ3v) is 4.49. The number of para-hydroxylation sites is 2. The van der Waals surface area contributed by atoms with E-state index >= 15 is 0 Å². The molecule has 4 aromatic rings. The van der Waals surface area contributed by atoms with Gasteiger partial charge in [-0.2, -0.15) is 0 Å². The summed E-state index contributed by atoms with van der Waals surface area (Å²) in [5.41, 5.74) is 2.11. The molecule has 146 valence electrons. The molecular weight excluding hydrogens is 372 g/mol. The number of rotatable bonds is 5. The van der Waals surface area contributed by atoms with E-state index in [9.17, 15) is 0 Å². The van der Waals surface area contributed by atoms with Crippen LogP contribution < -0.4 is 14.8 Å². The van der Waals surface area contributed by atoms with Crippen LogP contribution in [0.15, 0.2) is 63.9 Å². The lowest BCUT2D eigenvalue weighted by molar-refractivity contribution is 0.0996. The van der Waals surface area contributed by atoms with E-state index in [2.05, 4.69) is 20.4 Å². The smallest absolute Gasteiger partial charge is 0.223 e. The second-order valence-corrected chi connectivity index (χ2v) is 6.64. The average Bonchev–Trinajstić information content (AvgIpc) is 3.44. The molecule has 0 fully saturated rings. The molecule has 0 saturated carbocycles. The minimum Gasteiger partial charge on any atom is -0.486 e. The third kappa shape index (κ3) is 3.52. The number of fused-ring (bicyclic) bond motifs is 1. The van der Waals surface area contributed by atoms with Gasteiger partial charge in [-0.15, -0.1) is 0 Å². The average molecular weight is 390 g/mol. The van der Waals surface area contributed by atoms with Crippen molar-refractivity contribution in [3.63, 3.8) is 0 Å². The summed E-state index contributed by atoms with van der Waals surface area (Å²) in [5.74, 6) is 3.15. The number of aromatic nitrogens is 3. The number of furan rings is 1. The Labute approximate surface area is 166 Å². The van der Waals surface area contributed by atoms with Crippen LogP contribution in [-0.4, -0.2) is 34.4 Å². The predicted octanol–water partition coefficient (Wildman–Crippen LogP) is 3.95. The van der Waals surface area contributed by atoms with Crippen LogP contribution in [0, 0.1) is 6.92 Å². The summed E-state index contributed by atoms with van der Waals surface area (Å²) in [4.78, 5) is 9.04. The maximum Gasteiger partial charge on any atom is 0.223 e. The Morgan fingerprint density at radius 3 is 2.79 bits per heavy atom. The lowest BCUT2D eigenvalue weighted by Crippen LogP contribution is -2.35. The first-order chi connectivity index (χ1) is 14.3. The summed E-state index contributed by atoms with van der Waals surface area (Å²) in [7, 11) is 0. The summed E-state index contributed by atoms with van der Waals surface area (Å²) < 4.78 is 22.7. The molecule has 1 aromatic carbocycles. The fourth-order valence-electron chi connectivity index (χ4n) is 3.11. The van der Waals surface area contributed by atoms with Crippen LogP contribution >= 0.6 is 0 Å². The Kier molecular flexibility index (Phi) is 4.36. The highest BCUT2D eigenvalue weighted by molar-refractivity contribution is 5.75. The molecule has 8 nitrogen and oxygen atoms in total. The van der Waals surface area contributed by atoms with E-state index in [4.69, 9.17) is 18.4 Å². The van der Waals surface area contributed by atoms with Gasteiger partial charge in [0.2, 0.25) is 5.95 Å². The maximum absolute atomic E-state index is 5.97. The zero-order chi connectivity index (χ0) is 19.6. The molecule has 1 aliphatic heterocycles. The molecule has 0 saturated heterocycles. The Bertz CT molecular complexity index is 1120. The van der Waals surface area contributed by atoms with E-state index in [0.29, 0.717) is 41.9 Å². The van der Waals surface area contributed by atoms with Crippen molar-refractivity contribution in [2.75, 3.05) is 18.5 Å². The number of hydrogen-bond donors (Lipinski definition) is 1.